The highest BCUT2D eigenvalue weighted by molar-refractivity contribution is 8.02. The summed E-state index contributed by atoms with van der Waals surface area (Å²) in [6.45, 7) is 12.6. The van der Waals surface area contributed by atoms with Gasteiger partial charge < -0.3 is 19.8 Å². The number of fused-ring (bicyclic) bond motifs is 2. The molecular weight excluding hydrogens is 595 g/mol. The zero-order chi connectivity index (χ0) is 32.6. The molecule has 3 heterocycles. The van der Waals surface area contributed by atoms with Crippen molar-refractivity contribution in [3.63, 3.8) is 0 Å². The topological polar surface area (TPSA) is 81.2 Å². The molecule has 3 aliphatic rings. The van der Waals surface area contributed by atoms with Crippen LogP contribution in [0, 0.1) is 17.8 Å². The fraction of sp³-hybridized carbons (Fsp3) is 0.395. The number of benzene rings is 3. The van der Waals surface area contributed by atoms with Crippen LogP contribution in [0.15, 0.2) is 98.1 Å². The minimum atomic E-state index is -0.828. The van der Waals surface area contributed by atoms with Crippen molar-refractivity contribution in [2.75, 3.05) is 24.6 Å². The zero-order valence-electron chi connectivity index (χ0n) is 26.6. The monoisotopic (exact) mass is 637 g/mol. The number of carbonyl (C=O) groups excluding carboxylic acids is 3. The molecule has 1 spiro atoms. The van der Waals surface area contributed by atoms with Crippen molar-refractivity contribution in [3.05, 3.63) is 104 Å². The number of amides is 3. The van der Waals surface area contributed by atoms with Crippen LogP contribution >= 0.6 is 11.8 Å². The molecule has 2 bridgehead atoms. The second-order valence-electron chi connectivity index (χ2n) is 13.1. The summed E-state index contributed by atoms with van der Waals surface area (Å²) in [7, 11) is 0. The molecule has 2 unspecified atom stereocenters. The summed E-state index contributed by atoms with van der Waals surface area (Å²) in [5.74, 6) is -1.78. The molecule has 3 aliphatic heterocycles. The van der Waals surface area contributed by atoms with E-state index in [1.54, 1.807) is 38.6 Å². The van der Waals surface area contributed by atoms with Crippen molar-refractivity contribution in [1.82, 2.24) is 9.80 Å². The van der Waals surface area contributed by atoms with Crippen molar-refractivity contribution >= 4 is 45.9 Å². The molecule has 0 radical (unpaired) electrons. The summed E-state index contributed by atoms with van der Waals surface area (Å²) in [5, 5.41) is 12.7. The molecule has 240 valence electrons. The third-order valence-electron chi connectivity index (χ3n) is 10.1. The average Bonchev–Trinajstić information content (AvgIpc) is 3.71. The summed E-state index contributed by atoms with van der Waals surface area (Å²) in [4.78, 5) is 49.5. The molecule has 0 aliphatic carbocycles. The lowest BCUT2D eigenvalue weighted by Gasteiger charge is -2.40. The number of nitrogens with zero attached hydrogens (tertiary/aromatic N) is 3. The van der Waals surface area contributed by atoms with E-state index in [1.807, 2.05) is 86.6 Å². The van der Waals surface area contributed by atoms with Gasteiger partial charge in [-0.25, -0.2) is 0 Å². The molecule has 8 heteroatoms. The van der Waals surface area contributed by atoms with E-state index in [4.69, 9.17) is 0 Å². The summed E-state index contributed by atoms with van der Waals surface area (Å²) in [5.41, 5.74) is 1.73. The van der Waals surface area contributed by atoms with Crippen molar-refractivity contribution < 1.29 is 19.5 Å². The highest BCUT2D eigenvalue weighted by atomic mass is 32.2. The Labute approximate surface area is 275 Å². The van der Waals surface area contributed by atoms with Crippen LogP contribution in [-0.2, 0) is 20.9 Å². The molecule has 3 fully saturated rings. The Kier molecular flexibility index (Phi) is 9.12. The lowest BCUT2D eigenvalue weighted by atomic mass is 9.70. The lowest BCUT2D eigenvalue weighted by Crippen LogP contribution is -2.58. The number of anilines is 1. The predicted molar refractivity (Wildman–Crippen MR) is 185 cm³/mol. The normalized spacial score (nSPS) is 25.5. The third kappa shape index (κ3) is 5.35. The molecule has 3 saturated heterocycles. The van der Waals surface area contributed by atoms with E-state index in [0.29, 0.717) is 19.5 Å². The lowest BCUT2D eigenvalue weighted by molar-refractivity contribution is -0.146. The number of likely N-dealkylation sites (tertiary alicyclic amines) is 1. The maximum Gasteiger partial charge on any atom is 0.251 e. The quantitative estimate of drug-likeness (QED) is 0.259. The molecule has 0 saturated carbocycles. The van der Waals surface area contributed by atoms with Crippen LogP contribution in [0.4, 0.5) is 5.69 Å². The van der Waals surface area contributed by atoms with Crippen molar-refractivity contribution in [3.8, 4) is 0 Å². The first-order valence-electron chi connectivity index (χ1n) is 16.2. The van der Waals surface area contributed by atoms with Crippen molar-refractivity contribution in [1.29, 1.82) is 0 Å². The number of thioether (sulfide) groups is 1. The molecular formula is C38H43N3O4S. The Bertz CT molecular complexity index is 1640. The van der Waals surface area contributed by atoms with Crippen LogP contribution in [-0.4, -0.2) is 74.4 Å². The van der Waals surface area contributed by atoms with Gasteiger partial charge in [0, 0.05) is 30.6 Å². The number of aliphatic hydroxyl groups excluding tert-OH is 1. The number of aliphatic hydroxyl groups is 1. The Morgan fingerprint density at radius 2 is 1.70 bits per heavy atom. The van der Waals surface area contributed by atoms with Gasteiger partial charge >= 0.3 is 0 Å². The third-order valence-corrected chi connectivity index (χ3v) is 12.0. The van der Waals surface area contributed by atoms with Crippen LogP contribution in [0.1, 0.15) is 32.3 Å². The van der Waals surface area contributed by atoms with Crippen LogP contribution < -0.4 is 4.90 Å². The van der Waals surface area contributed by atoms with Gasteiger partial charge in [-0.3, -0.25) is 14.4 Å². The smallest absolute Gasteiger partial charge is 0.251 e. The molecule has 3 amide bonds. The van der Waals surface area contributed by atoms with Gasteiger partial charge in [0.15, 0.2) is 0 Å². The second kappa shape index (κ2) is 13.1. The molecule has 6 atom stereocenters. The molecule has 3 aromatic rings. The molecule has 1 N–H and O–H groups in total. The van der Waals surface area contributed by atoms with E-state index in [9.17, 15) is 14.7 Å². The number of hydrogen-bond donors (Lipinski definition) is 1. The van der Waals surface area contributed by atoms with Gasteiger partial charge in [-0.2, -0.15) is 0 Å². The summed E-state index contributed by atoms with van der Waals surface area (Å²) in [6.07, 6.45) is 4.84. The number of rotatable bonds is 12. The molecule has 3 aromatic carbocycles. The molecule has 6 rings (SSSR count). The second-order valence-corrected chi connectivity index (χ2v) is 14.7. The van der Waals surface area contributed by atoms with Crippen LogP contribution in [0.25, 0.3) is 10.8 Å². The predicted octanol–water partition coefficient (Wildman–Crippen LogP) is 5.68. The van der Waals surface area contributed by atoms with Gasteiger partial charge in [0.05, 0.1) is 29.2 Å². The van der Waals surface area contributed by atoms with Crippen LogP contribution in [0.5, 0.6) is 0 Å². The van der Waals surface area contributed by atoms with E-state index in [-0.39, 0.29) is 42.0 Å². The molecule has 46 heavy (non-hydrogen) atoms. The number of carbonyl (C=O) groups is 3. The molecule has 0 aromatic heterocycles. The average molecular weight is 638 g/mol. The van der Waals surface area contributed by atoms with Gasteiger partial charge in [-0.15, -0.1) is 24.9 Å². The van der Waals surface area contributed by atoms with E-state index in [0.717, 1.165) is 28.4 Å². The minimum Gasteiger partial charge on any atom is -0.394 e. The maximum atomic E-state index is 15.0. The van der Waals surface area contributed by atoms with Crippen LogP contribution in [0.2, 0.25) is 0 Å². The fourth-order valence-corrected chi connectivity index (χ4v) is 10.2. The van der Waals surface area contributed by atoms with E-state index < -0.39 is 28.7 Å². The van der Waals surface area contributed by atoms with Gasteiger partial charge in [-0.05, 0) is 47.2 Å². The van der Waals surface area contributed by atoms with Gasteiger partial charge in [0.2, 0.25) is 11.8 Å². The Morgan fingerprint density at radius 1 is 1.00 bits per heavy atom. The first kappa shape index (κ1) is 32.1. The highest BCUT2D eigenvalue weighted by Gasteiger charge is 2.74. The van der Waals surface area contributed by atoms with E-state index in [2.05, 4.69) is 13.2 Å². The minimum absolute atomic E-state index is 0.0675. The summed E-state index contributed by atoms with van der Waals surface area (Å²) >= 11 is 1.65. The SMILES string of the molecule is C=CCN(Cc1ccccc1)C(=O)[C@@H]1[C@@H]2CCC3(S2)C(C(=O)N(CC=C)c2ccc4ccccc4c2)N([C@@H](CO)C(C)C)C(=O)[C@H]13. The largest absolute Gasteiger partial charge is 0.394 e. The van der Waals surface area contributed by atoms with Gasteiger partial charge in [0.1, 0.15) is 6.04 Å². The summed E-state index contributed by atoms with van der Waals surface area (Å²) < 4.78 is -0.773. The fourth-order valence-electron chi connectivity index (χ4n) is 7.98. The Hall–Kier alpha value is -3.88. The Balaban J connectivity index is 1.42. The maximum absolute atomic E-state index is 15.0. The summed E-state index contributed by atoms with van der Waals surface area (Å²) in [6, 6.07) is 22.4. The zero-order valence-corrected chi connectivity index (χ0v) is 27.4. The first-order valence-corrected chi connectivity index (χ1v) is 17.1. The highest BCUT2D eigenvalue weighted by Crippen LogP contribution is 2.67. The van der Waals surface area contributed by atoms with E-state index >= 15 is 4.79 Å². The first-order chi connectivity index (χ1) is 22.2. The van der Waals surface area contributed by atoms with Gasteiger partial charge in [-0.1, -0.05) is 86.7 Å². The van der Waals surface area contributed by atoms with Gasteiger partial charge in [0.25, 0.3) is 5.91 Å². The number of hydrogen-bond acceptors (Lipinski definition) is 5. The van der Waals surface area contributed by atoms with E-state index in [1.165, 1.54) is 0 Å². The van der Waals surface area contributed by atoms with Crippen molar-refractivity contribution in [2.45, 2.75) is 55.3 Å². The van der Waals surface area contributed by atoms with Crippen LogP contribution in [0.3, 0.4) is 0 Å². The van der Waals surface area contributed by atoms with Crippen molar-refractivity contribution in [2.24, 2.45) is 17.8 Å². The standard InChI is InChI=1S/C38H43N3O4S/c1-5-20-39(23-26-12-8-7-9-13-26)35(43)32-31-18-19-38(46-31)33(32)36(44)41(30(24-42)25(3)4)34(38)37(45)40(21-6-2)29-17-16-27-14-10-11-15-28(27)22-29/h5-17,22,25,30-34,42H,1-2,18-21,23-24H2,3-4H3/t30-,31-,32+,33-,34?,38?/m0/s1. The Morgan fingerprint density at radius 3 is 2.37 bits per heavy atom. The molecule has 7 nitrogen and oxygen atoms in total.